The number of benzene rings is 3. The third-order valence-corrected chi connectivity index (χ3v) is 6.75. The minimum atomic E-state index is -0.354. The Morgan fingerprint density at radius 2 is 1.74 bits per heavy atom. The molecular formula is C31H33ClN4O3. The number of rotatable bonds is 9. The molecule has 0 aliphatic heterocycles. The first-order valence-corrected chi connectivity index (χ1v) is 13.2. The summed E-state index contributed by atoms with van der Waals surface area (Å²) >= 11 is 6.29. The molecule has 1 aromatic heterocycles. The number of amides is 2. The van der Waals surface area contributed by atoms with E-state index in [1.807, 2.05) is 67.9 Å². The Balaban J connectivity index is 1.65. The highest BCUT2D eigenvalue weighted by Gasteiger charge is 2.23. The third kappa shape index (κ3) is 6.67. The highest BCUT2D eigenvalue weighted by atomic mass is 35.5. The Morgan fingerprint density at radius 3 is 2.38 bits per heavy atom. The van der Waals surface area contributed by atoms with E-state index in [2.05, 4.69) is 18.3 Å². The Kier molecular flexibility index (Phi) is 8.72. The zero-order valence-electron chi connectivity index (χ0n) is 22.9. The molecule has 2 amide bonds. The summed E-state index contributed by atoms with van der Waals surface area (Å²) in [7, 11) is 1.62. The fourth-order valence-electron chi connectivity index (χ4n) is 4.24. The van der Waals surface area contributed by atoms with Crippen LogP contribution < -0.4 is 10.1 Å². The summed E-state index contributed by atoms with van der Waals surface area (Å²) in [5, 5.41) is 3.29. The largest absolute Gasteiger partial charge is 0.497 e. The van der Waals surface area contributed by atoms with Crippen molar-refractivity contribution in [2.45, 2.75) is 27.7 Å². The van der Waals surface area contributed by atoms with E-state index in [0.29, 0.717) is 28.8 Å². The van der Waals surface area contributed by atoms with Gasteiger partial charge in [-0.1, -0.05) is 43.6 Å². The number of anilines is 1. The maximum Gasteiger partial charge on any atom is 0.255 e. The van der Waals surface area contributed by atoms with Crippen molar-refractivity contribution in [2.24, 2.45) is 5.92 Å². The Bertz CT molecular complexity index is 1480. The van der Waals surface area contributed by atoms with Crippen molar-refractivity contribution < 1.29 is 14.3 Å². The van der Waals surface area contributed by atoms with Crippen molar-refractivity contribution in [3.05, 3.63) is 94.6 Å². The number of nitrogens with one attached hydrogen (secondary N) is 1. The Labute approximate surface area is 234 Å². The van der Waals surface area contributed by atoms with Crippen molar-refractivity contribution in [3.8, 4) is 22.7 Å². The lowest BCUT2D eigenvalue weighted by Crippen LogP contribution is -2.40. The van der Waals surface area contributed by atoms with Gasteiger partial charge in [0.15, 0.2) is 0 Å². The molecule has 0 unspecified atom stereocenters. The summed E-state index contributed by atoms with van der Waals surface area (Å²) in [6.07, 6.45) is 1.89. The molecule has 4 aromatic rings. The summed E-state index contributed by atoms with van der Waals surface area (Å²) in [4.78, 5) is 32.9. The molecule has 0 fully saturated rings. The zero-order chi connectivity index (χ0) is 28.1. The highest BCUT2D eigenvalue weighted by molar-refractivity contribution is 6.33. The van der Waals surface area contributed by atoms with Gasteiger partial charge in [0.1, 0.15) is 12.3 Å². The summed E-state index contributed by atoms with van der Waals surface area (Å²) in [6, 6.07) is 20.5. The first-order chi connectivity index (χ1) is 18.7. The molecule has 0 aliphatic rings. The number of carbonyl (C=O) groups excluding carboxylic acids is 2. The molecule has 39 heavy (non-hydrogen) atoms. The van der Waals surface area contributed by atoms with E-state index in [1.54, 1.807) is 31.4 Å². The molecule has 7 nitrogen and oxygen atoms in total. The van der Waals surface area contributed by atoms with Gasteiger partial charge in [0.2, 0.25) is 11.9 Å². The highest BCUT2D eigenvalue weighted by Crippen LogP contribution is 2.27. The lowest BCUT2D eigenvalue weighted by molar-refractivity contribution is -0.117. The van der Waals surface area contributed by atoms with Gasteiger partial charge in [0.25, 0.3) is 5.91 Å². The number of carbonyl (C=O) groups is 2. The van der Waals surface area contributed by atoms with Gasteiger partial charge in [0.05, 0.1) is 23.4 Å². The number of aryl methyl sites for hydroxylation is 2. The van der Waals surface area contributed by atoms with Crippen LogP contribution in [0.25, 0.3) is 16.9 Å². The number of aromatic nitrogens is 2. The predicted octanol–water partition coefficient (Wildman–Crippen LogP) is 6.56. The molecule has 3 aromatic carbocycles. The Hall–Kier alpha value is -4.10. The van der Waals surface area contributed by atoms with Crippen LogP contribution in [-0.2, 0) is 4.79 Å². The normalized spacial score (nSPS) is 10.9. The van der Waals surface area contributed by atoms with Crippen LogP contribution in [0.4, 0.5) is 5.95 Å². The standard InChI is InChI=1S/C31H33ClN4O3/c1-20(2)17-35(30(38)26-8-6-7-9-27(26)32)19-29(37)34-31-33-28(23-11-14-25(39-5)15-12-23)18-36(31)24-13-10-21(3)22(4)16-24/h6-16,18,20H,17,19H2,1-5H3,(H,33,34,37). The van der Waals surface area contributed by atoms with E-state index in [9.17, 15) is 9.59 Å². The monoisotopic (exact) mass is 544 g/mol. The number of nitrogens with zero attached hydrogens (tertiary/aromatic N) is 3. The van der Waals surface area contributed by atoms with Crippen LogP contribution in [0.3, 0.4) is 0 Å². The lowest BCUT2D eigenvalue weighted by Gasteiger charge is -2.24. The number of hydrogen-bond donors (Lipinski definition) is 1. The van der Waals surface area contributed by atoms with Crippen LogP contribution in [0.15, 0.2) is 72.9 Å². The summed E-state index contributed by atoms with van der Waals surface area (Å²) < 4.78 is 7.13. The topological polar surface area (TPSA) is 76.5 Å². The molecule has 0 aliphatic carbocycles. The fraction of sp³-hybridized carbons (Fsp3) is 0.258. The summed E-state index contributed by atoms with van der Waals surface area (Å²) in [5.41, 5.74) is 5.10. The molecule has 0 radical (unpaired) electrons. The lowest BCUT2D eigenvalue weighted by atomic mass is 10.1. The van der Waals surface area contributed by atoms with Crippen molar-refractivity contribution in [1.29, 1.82) is 0 Å². The van der Waals surface area contributed by atoms with Crippen molar-refractivity contribution in [1.82, 2.24) is 14.5 Å². The van der Waals surface area contributed by atoms with Crippen molar-refractivity contribution >= 4 is 29.4 Å². The van der Waals surface area contributed by atoms with Crippen LogP contribution in [-0.4, -0.2) is 46.5 Å². The average molecular weight is 545 g/mol. The Morgan fingerprint density at radius 1 is 1.03 bits per heavy atom. The summed E-state index contributed by atoms with van der Waals surface area (Å²) in [6.45, 7) is 8.36. The fourth-order valence-corrected chi connectivity index (χ4v) is 4.46. The first-order valence-electron chi connectivity index (χ1n) is 12.8. The number of halogens is 1. The molecule has 1 heterocycles. The van der Waals surface area contributed by atoms with Gasteiger partial charge < -0.3 is 9.64 Å². The SMILES string of the molecule is COc1ccc(-c2cn(-c3ccc(C)c(C)c3)c(NC(=O)CN(CC(C)C)C(=O)c3ccccc3Cl)n2)cc1. The van der Waals surface area contributed by atoms with Crippen LogP contribution in [0, 0.1) is 19.8 Å². The van der Waals surface area contributed by atoms with E-state index < -0.39 is 0 Å². The number of methoxy groups -OCH3 is 1. The van der Waals surface area contributed by atoms with Crippen LogP contribution in [0.2, 0.25) is 5.02 Å². The van der Waals surface area contributed by atoms with Gasteiger partial charge in [0, 0.05) is 24.0 Å². The molecule has 0 atom stereocenters. The van der Waals surface area contributed by atoms with Gasteiger partial charge in [-0.05, 0) is 79.4 Å². The van der Waals surface area contributed by atoms with Gasteiger partial charge in [-0.2, -0.15) is 0 Å². The molecule has 1 N–H and O–H groups in total. The zero-order valence-corrected chi connectivity index (χ0v) is 23.6. The van der Waals surface area contributed by atoms with Crippen molar-refractivity contribution in [2.75, 3.05) is 25.5 Å². The molecule has 0 saturated heterocycles. The number of ether oxygens (including phenoxy) is 1. The molecule has 202 valence electrons. The van der Waals surface area contributed by atoms with Gasteiger partial charge >= 0.3 is 0 Å². The van der Waals surface area contributed by atoms with E-state index in [4.69, 9.17) is 21.3 Å². The first kappa shape index (κ1) is 27.9. The second-order valence-electron chi connectivity index (χ2n) is 9.92. The van der Waals surface area contributed by atoms with Gasteiger partial charge in [-0.3, -0.25) is 19.5 Å². The van der Waals surface area contributed by atoms with Gasteiger partial charge in [-0.25, -0.2) is 4.98 Å². The van der Waals surface area contributed by atoms with Crippen LogP contribution in [0.5, 0.6) is 5.75 Å². The second-order valence-corrected chi connectivity index (χ2v) is 10.3. The average Bonchev–Trinajstić information content (AvgIpc) is 3.33. The molecule has 8 heteroatoms. The quantitative estimate of drug-likeness (QED) is 0.259. The molecule has 0 bridgehead atoms. The van der Waals surface area contributed by atoms with E-state index in [-0.39, 0.29) is 24.3 Å². The predicted molar refractivity (Wildman–Crippen MR) is 156 cm³/mol. The van der Waals surface area contributed by atoms with Gasteiger partial charge in [-0.15, -0.1) is 0 Å². The van der Waals surface area contributed by atoms with E-state index in [1.165, 1.54) is 10.5 Å². The van der Waals surface area contributed by atoms with E-state index in [0.717, 1.165) is 22.6 Å². The van der Waals surface area contributed by atoms with E-state index >= 15 is 0 Å². The van der Waals surface area contributed by atoms with Crippen LogP contribution >= 0.6 is 11.6 Å². The third-order valence-electron chi connectivity index (χ3n) is 6.42. The maximum absolute atomic E-state index is 13.4. The smallest absolute Gasteiger partial charge is 0.255 e. The minimum Gasteiger partial charge on any atom is -0.497 e. The molecule has 4 rings (SSSR count). The van der Waals surface area contributed by atoms with Crippen LogP contribution in [0.1, 0.15) is 35.3 Å². The van der Waals surface area contributed by atoms with Crippen molar-refractivity contribution in [3.63, 3.8) is 0 Å². The second kappa shape index (κ2) is 12.2. The number of hydrogen-bond acceptors (Lipinski definition) is 4. The minimum absolute atomic E-state index is 0.139. The molecule has 0 spiro atoms. The number of imidazole rings is 1. The maximum atomic E-state index is 13.4. The molecule has 0 saturated carbocycles. The summed E-state index contributed by atoms with van der Waals surface area (Å²) in [5.74, 6) is 0.621. The molecular weight excluding hydrogens is 512 g/mol.